The Morgan fingerprint density at radius 3 is 1.86 bits per heavy atom. The van der Waals surface area contributed by atoms with Gasteiger partial charge in [0.25, 0.3) is 0 Å². The Morgan fingerprint density at radius 1 is 0.757 bits per heavy atom. The van der Waals surface area contributed by atoms with Crippen molar-refractivity contribution in [3.63, 3.8) is 0 Å². The van der Waals surface area contributed by atoms with Crippen molar-refractivity contribution < 1.29 is 25.7 Å². The number of hydrogen-bond donors (Lipinski definition) is 0. The van der Waals surface area contributed by atoms with Crippen LogP contribution in [0.15, 0.2) is 89.8 Å². The van der Waals surface area contributed by atoms with E-state index in [4.69, 9.17) is 5.32 Å². The summed E-state index contributed by atoms with van der Waals surface area (Å²) in [6, 6.07) is 25.2. The molecular weight excluding hydrogens is 589 g/mol. The summed E-state index contributed by atoms with van der Waals surface area (Å²) in [4.78, 5) is 0.194. The van der Waals surface area contributed by atoms with Crippen LogP contribution in [0.3, 0.4) is 0 Å². The molecule has 193 valence electrons. The molecule has 3 aromatic rings. The fourth-order valence-corrected chi connectivity index (χ4v) is 5.21. The van der Waals surface area contributed by atoms with Gasteiger partial charge in [0.15, 0.2) is 0 Å². The van der Waals surface area contributed by atoms with Crippen molar-refractivity contribution in [2.75, 3.05) is 6.54 Å². The Bertz CT molecular complexity index is 1140. The third-order valence-electron chi connectivity index (χ3n) is 5.94. The second-order valence-corrected chi connectivity index (χ2v) is 10.2. The van der Waals surface area contributed by atoms with Gasteiger partial charge in [-0.05, 0) is 63.5 Å². The molecule has 1 aliphatic rings. The van der Waals surface area contributed by atoms with Gasteiger partial charge in [0.1, 0.15) is 10.0 Å². The summed E-state index contributed by atoms with van der Waals surface area (Å²) < 4.78 is 31.2. The van der Waals surface area contributed by atoms with Crippen LogP contribution in [0, 0.1) is 44.9 Å². The summed E-state index contributed by atoms with van der Waals surface area (Å²) in [6.07, 6.45) is 12.1. The van der Waals surface area contributed by atoms with Crippen LogP contribution in [-0.4, -0.2) is 15.0 Å². The summed E-state index contributed by atoms with van der Waals surface area (Å²) >= 11 is 1.82. The first-order valence-corrected chi connectivity index (χ1v) is 15.7. The molecule has 0 bridgehead atoms. The second-order valence-electron chi connectivity index (χ2n) is 8.60. The van der Waals surface area contributed by atoms with Crippen LogP contribution in [0.1, 0.15) is 41.6 Å². The molecule has 0 aromatic heterocycles. The third kappa shape index (κ3) is 9.30. The molecule has 7 heteroatoms. The van der Waals surface area contributed by atoms with Crippen molar-refractivity contribution in [2.45, 2.75) is 36.7 Å². The number of benzene rings is 3. The van der Waals surface area contributed by atoms with E-state index < -0.39 is 22.1 Å². The Balaban J connectivity index is 0.00000186. The molecule has 0 unspecified atom stereocenters. The molecular formula is C30H30ClN2O2RuS. The molecule has 3 aromatic carbocycles. The topological polar surface area (TPSA) is 62.3 Å². The SMILES string of the molecule is Cc1ccc(S(=O)(=O)[N-][C@@H](c2ccccc2)[C@@H]([N-]CCC[C]2[CH][CH][CH][CH][CH]2)c2ccccc2)cc1.[Cl][Ru+2]. The molecule has 1 aliphatic carbocycles. The first-order valence-electron chi connectivity index (χ1n) is 12.0. The number of sulfonamides is 1. The van der Waals surface area contributed by atoms with Crippen molar-refractivity contribution in [1.82, 2.24) is 0 Å². The second kappa shape index (κ2) is 15.8. The van der Waals surface area contributed by atoms with Crippen molar-refractivity contribution in [3.8, 4) is 0 Å². The van der Waals surface area contributed by atoms with Gasteiger partial charge in [0.2, 0.25) is 0 Å². The molecule has 0 aliphatic heterocycles. The number of rotatable bonds is 11. The van der Waals surface area contributed by atoms with Crippen LogP contribution in [0.2, 0.25) is 0 Å². The van der Waals surface area contributed by atoms with Crippen molar-refractivity contribution in [1.29, 1.82) is 0 Å². The maximum absolute atomic E-state index is 13.4. The maximum atomic E-state index is 13.4. The van der Waals surface area contributed by atoms with E-state index in [0.717, 1.165) is 29.5 Å². The van der Waals surface area contributed by atoms with Crippen molar-refractivity contribution in [2.24, 2.45) is 0 Å². The van der Waals surface area contributed by atoms with Crippen LogP contribution >= 0.6 is 9.69 Å². The Hall–Kier alpha value is -1.56. The summed E-state index contributed by atoms with van der Waals surface area (Å²) in [5.41, 5.74) is 2.77. The van der Waals surface area contributed by atoms with Crippen molar-refractivity contribution >= 4 is 19.7 Å². The molecule has 6 radical (unpaired) electrons. The molecule has 4 rings (SSSR count). The molecule has 0 amide bonds. The number of halogens is 1. The van der Waals surface area contributed by atoms with E-state index >= 15 is 0 Å². The van der Waals surface area contributed by atoms with E-state index in [1.807, 2.05) is 104 Å². The normalized spacial score (nSPS) is 15.8. The summed E-state index contributed by atoms with van der Waals surface area (Å²) in [7, 11) is 0.683. The summed E-state index contributed by atoms with van der Waals surface area (Å²) in [6.45, 7) is 2.54. The first-order chi connectivity index (χ1) is 18.0. The Kier molecular flexibility index (Phi) is 12.8. The minimum atomic E-state index is -3.89. The molecule has 0 spiro atoms. The van der Waals surface area contributed by atoms with Gasteiger partial charge in [-0.15, -0.1) is 18.6 Å². The summed E-state index contributed by atoms with van der Waals surface area (Å²) in [5.74, 6) is 1.27. The molecule has 0 heterocycles. The average molecular weight is 619 g/mol. The van der Waals surface area contributed by atoms with Crippen molar-refractivity contribution in [3.05, 3.63) is 150 Å². The van der Waals surface area contributed by atoms with E-state index in [0.29, 0.717) is 6.54 Å². The van der Waals surface area contributed by atoms with E-state index in [2.05, 4.69) is 27.3 Å². The molecule has 1 saturated carbocycles. The zero-order valence-electron chi connectivity index (χ0n) is 20.6. The first kappa shape index (κ1) is 30.0. The number of nitrogens with zero attached hydrogens (tertiary/aromatic N) is 2. The van der Waals surface area contributed by atoms with Crippen LogP contribution in [0.4, 0.5) is 0 Å². The van der Waals surface area contributed by atoms with Crippen LogP contribution in [0.5, 0.6) is 0 Å². The van der Waals surface area contributed by atoms with E-state index in [9.17, 15) is 8.42 Å². The third-order valence-corrected chi connectivity index (χ3v) is 7.32. The monoisotopic (exact) mass is 619 g/mol. The molecule has 4 nitrogen and oxygen atoms in total. The van der Waals surface area contributed by atoms with Gasteiger partial charge >= 0.3 is 27.0 Å². The predicted molar refractivity (Wildman–Crippen MR) is 148 cm³/mol. The average Bonchev–Trinajstić information content (AvgIpc) is 2.95. The summed E-state index contributed by atoms with van der Waals surface area (Å²) in [5, 5.41) is 5.02. The Morgan fingerprint density at radius 2 is 1.30 bits per heavy atom. The van der Waals surface area contributed by atoms with Gasteiger partial charge in [-0.3, -0.25) is 0 Å². The fourth-order valence-electron chi connectivity index (χ4n) is 4.07. The van der Waals surface area contributed by atoms with Gasteiger partial charge in [-0.2, -0.15) is 0 Å². The van der Waals surface area contributed by atoms with E-state index in [-0.39, 0.29) is 4.90 Å². The minimum absolute atomic E-state index is 0.194. The molecule has 0 N–H and O–H groups in total. The van der Waals surface area contributed by atoms with Crippen LogP contribution in [0.25, 0.3) is 10.0 Å². The molecule has 2 atom stereocenters. The standard InChI is InChI=1S/C30H30N2O2S.ClH.Ru/c1-24-19-21-28(22-20-24)35(33,34)32-30(27-17-9-4-10-18-27)29(26-15-7-3-8-16-26)31-23-11-14-25-12-5-2-6-13-25;;/h2-10,12-13,15-22,29-30H,11,14,23H2,1H3;1H;/q-2;;+3/p-1/t29-,30-;;/m0../s1. The predicted octanol–water partition coefficient (Wildman–Crippen LogP) is 7.99. The quantitative estimate of drug-likeness (QED) is 0.161. The van der Waals surface area contributed by atoms with Gasteiger partial charge in [0, 0.05) is 4.90 Å². The zero-order chi connectivity index (χ0) is 26.5. The van der Waals surface area contributed by atoms with Gasteiger partial charge in [0.05, 0.1) is 0 Å². The Labute approximate surface area is 237 Å². The fraction of sp³-hybridized carbons (Fsp3) is 0.200. The van der Waals surface area contributed by atoms with Crippen LogP contribution in [-0.2, 0) is 27.3 Å². The van der Waals surface area contributed by atoms with E-state index in [1.54, 1.807) is 24.3 Å². The molecule has 1 fully saturated rings. The zero-order valence-corrected chi connectivity index (χ0v) is 23.9. The van der Waals surface area contributed by atoms with Gasteiger partial charge in [-0.25, -0.2) is 8.42 Å². The van der Waals surface area contributed by atoms with Gasteiger partial charge < -0.3 is 10.0 Å². The van der Waals surface area contributed by atoms with Gasteiger partial charge in [-0.1, -0.05) is 95.9 Å². The van der Waals surface area contributed by atoms with E-state index in [1.165, 1.54) is 5.92 Å². The van der Waals surface area contributed by atoms with Crippen LogP contribution < -0.4 is 0 Å². The molecule has 0 saturated heterocycles. The number of aryl methyl sites for hydroxylation is 1. The number of hydrogen-bond acceptors (Lipinski definition) is 2. The molecule has 37 heavy (non-hydrogen) atoms.